The zero-order valence-corrected chi connectivity index (χ0v) is 52.9. The van der Waals surface area contributed by atoms with Crippen LogP contribution in [0, 0.1) is 13.8 Å². The molecular weight excluding hydrogens is 1060 g/mol. The number of aryl methyl sites for hydroxylation is 2. The third-order valence-electron chi connectivity index (χ3n) is 19.9. The van der Waals surface area contributed by atoms with Crippen LogP contribution in [0.5, 0.6) is 0 Å². The van der Waals surface area contributed by atoms with E-state index in [4.69, 9.17) is 0 Å². The molecule has 0 spiro atoms. The van der Waals surface area contributed by atoms with Crippen LogP contribution in [0.25, 0.3) is 43.8 Å². The van der Waals surface area contributed by atoms with Crippen molar-refractivity contribution < 1.29 is 8.78 Å². The molecule has 0 radical (unpaired) electrons. The van der Waals surface area contributed by atoms with Gasteiger partial charge in [0.05, 0.1) is 0 Å². The lowest BCUT2D eigenvalue weighted by Gasteiger charge is -2.41. The second kappa shape index (κ2) is 20.8. The average Bonchev–Trinajstić information content (AvgIpc) is 1.58. The lowest BCUT2D eigenvalue weighted by molar-refractivity contribution is -0.0302. The number of halogens is 2. The van der Waals surface area contributed by atoms with Crippen molar-refractivity contribution in [2.75, 3.05) is 9.80 Å². The fraction of sp³-hybridized carbons (Fsp3) is 0.253. The molecule has 436 valence electrons. The summed E-state index contributed by atoms with van der Waals surface area (Å²) in [7, 11) is 0. The van der Waals surface area contributed by atoms with Crippen LogP contribution < -0.4 is 9.80 Å². The topological polar surface area (TPSA) is 6.48 Å². The van der Waals surface area contributed by atoms with Gasteiger partial charge in [-0.2, -0.15) is 0 Å². The summed E-state index contributed by atoms with van der Waals surface area (Å²) in [5.41, 5.74) is 20.3. The third kappa shape index (κ3) is 9.75. The normalized spacial score (nSPS) is 15.6. The van der Waals surface area contributed by atoms with E-state index < -0.39 is 22.2 Å². The molecule has 4 heteroatoms. The lowest BCUT2D eigenvalue weighted by atomic mass is 9.64. The Morgan fingerprint density at radius 2 is 0.747 bits per heavy atom. The van der Waals surface area contributed by atoms with Crippen molar-refractivity contribution in [3.8, 4) is 22.3 Å². The Hall–Kier alpha value is -8.60. The highest BCUT2D eigenvalue weighted by molar-refractivity contribution is 6.07. The molecule has 13 rings (SSSR count). The van der Waals surface area contributed by atoms with Crippen LogP contribution in [-0.4, -0.2) is 0 Å². The highest BCUT2D eigenvalue weighted by Crippen LogP contribution is 2.62. The van der Waals surface area contributed by atoms with Gasteiger partial charge in [0.2, 0.25) is 0 Å². The van der Waals surface area contributed by atoms with Crippen molar-refractivity contribution in [1.82, 2.24) is 0 Å². The standard InChI is InChI=1S/C83H80F2N2/c1-53-22-35-61(36-23-53)86(64-41-28-57(29-42-64)78(3,4)5)62-37-24-55(25-38-62)56-26-39-63(40-27-56)87(65-43-30-58(31-44-65)79(6,7)8)66-45-32-59(33-46-66)80(9,10)73-49-48-72-69-47-34-60(52-74(69)82(13)50-51-83(84,85)77(73)76(72)82)81(11,12)75-70-20-16-14-18-67(70)54(2)68-19-15-17-21-71(68)75/h14-49,52H,50-51H2,1-13H3. The Morgan fingerprint density at radius 3 is 1.18 bits per heavy atom. The van der Waals surface area contributed by atoms with E-state index in [1.807, 2.05) is 6.07 Å². The molecule has 0 saturated heterocycles. The molecule has 0 bridgehead atoms. The number of nitrogens with zero attached hydrogens (tertiary/aromatic N) is 2. The van der Waals surface area contributed by atoms with Gasteiger partial charge in [0.15, 0.2) is 0 Å². The predicted molar refractivity (Wildman–Crippen MR) is 365 cm³/mol. The minimum Gasteiger partial charge on any atom is -0.311 e. The average molecular weight is 1140 g/mol. The van der Waals surface area contributed by atoms with Crippen molar-refractivity contribution in [2.24, 2.45) is 0 Å². The molecule has 0 N–H and O–H groups in total. The van der Waals surface area contributed by atoms with Crippen molar-refractivity contribution >= 4 is 55.7 Å². The van der Waals surface area contributed by atoms with Gasteiger partial charge in [-0.15, -0.1) is 0 Å². The monoisotopic (exact) mass is 1140 g/mol. The van der Waals surface area contributed by atoms with Gasteiger partial charge in [0.25, 0.3) is 5.92 Å². The molecule has 11 aromatic rings. The van der Waals surface area contributed by atoms with Gasteiger partial charge in [0.1, 0.15) is 0 Å². The van der Waals surface area contributed by atoms with E-state index in [1.165, 1.54) is 54.9 Å². The van der Waals surface area contributed by atoms with E-state index in [1.54, 1.807) is 0 Å². The molecule has 0 fully saturated rings. The smallest absolute Gasteiger partial charge is 0.273 e. The second-order valence-electron chi connectivity index (χ2n) is 28.3. The number of anilines is 6. The van der Waals surface area contributed by atoms with Crippen molar-refractivity contribution in [3.63, 3.8) is 0 Å². The second-order valence-corrected chi connectivity index (χ2v) is 28.3. The summed E-state index contributed by atoms with van der Waals surface area (Å²) in [6, 6.07) is 81.5. The Kier molecular flexibility index (Phi) is 13.7. The van der Waals surface area contributed by atoms with Crippen LogP contribution in [0.15, 0.2) is 224 Å². The minimum absolute atomic E-state index is 0.0112. The summed E-state index contributed by atoms with van der Waals surface area (Å²) >= 11 is 0. The van der Waals surface area contributed by atoms with Crippen molar-refractivity contribution in [1.29, 1.82) is 0 Å². The molecule has 0 heterocycles. The Morgan fingerprint density at radius 1 is 0.368 bits per heavy atom. The predicted octanol–water partition coefficient (Wildman–Crippen LogP) is 23.6. The van der Waals surface area contributed by atoms with E-state index in [9.17, 15) is 0 Å². The fourth-order valence-corrected chi connectivity index (χ4v) is 14.6. The van der Waals surface area contributed by atoms with Gasteiger partial charge in [0, 0.05) is 62.4 Å². The van der Waals surface area contributed by atoms with E-state index in [-0.39, 0.29) is 22.8 Å². The molecule has 87 heavy (non-hydrogen) atoms. The summed E-state index contributed by atoms with van der Waals surface area (Å²) in [4.78, 5) is 4.63. The summed E-state index contributed by atoms with van der Waals surface area (Å²) in [5, 5.41) is 5.03. The first-order chi connectivity index (χ1) is 41.3. The fourth-order valence-electron chi connectivity index (χ4n) is 14.6. The maximum absolute atomic E-state index is 17.3. The maximum atomic E-state index is 17.3. The van der Waals surface area contributed by atoms with Crippen LogP contribution in [-0.2, 0) is 33.0 Å². The van der Waals surface area contributed by atoms with Gasteiger partial charge >= 0.3 is 0 Å². The van der Waals surface area contributed by atoms with Crippen LogP contribution >= 0.6 is 0 Å². The van der Waals surface area contributed by atoms with Crippen LogP contribution in [0.3, 0.4) is 0 Å². The minimum atomic E-state index is -3.01. The Balaban J connectivity index is 0.829. The Bertz CT molecular complexity index is 4360. The quantitative estimate of drug-likeness (QED) is 0.119. The first-order valence-corrected chi connectivity index (χ1v) is 31.2. The van der Waals surface area contributed by atoms with Crippen molar-refractivity contribution in [2.45, 2.75) is 136 Å². The molecule has 2 nitrogen and oxygen atoms in total. The first-order valence-electron chi connectivity index (χ1n) is 31.2. The summed E-state index contributed by atoms with van der Waals surface area (Å²) in [5.74, 6) is -3.01. The third-order valence-corrected chi connectivity index (χ3v) is 19.9. The molecule has 11 aromatic carbocycles. The zero-order chi connectivity index (χ0) is 61.2. The van der Waals surface area contributed by atoms with E-state index in [0.29, 0.717) is 12.0 Å². The van der Waals surface area contributed by atoms with Crippen LogP contribution in [0.4, 0.5) is 42.9 Å². The molecule has 2 aliphatic rings. The summed E-state index contributed by atoms with van der Waals surface area (Å²) in [6.45, 7) is 29.0. The van der Waals surface area contributed by atoms with Gasteiger partial charge in [-0.1, -0.05) is 233 Å². The van der Waals surface area contributed by atoms with Crippen LogP contribution in [0.1, 0.15) is 150 Å². The summed E-state index contributed by atoms with van der Waals surface area (Å²) in [6.07, 6.45) is 0.154. The lowest BCUT2D eigenvalue weighted by Crippen LogP contribution is -2.37. The molecule has 0 aromatic heterocycles. The molecule has 1 atom stereocenters. The first kappa shape index (κ1) is 57.5. The number of rotatable bonds is 11. The Labute approximate surface area is 515 Å². The maximum Gasteiger partial charge on any atom is 0.273 e. The van der Waals surface area contributed by atoms with Crippen LogP contribution in [0.2, 0.25) is 0 Å². The number of hydrogen-bond acceptors (Lipinski definition) is 2. The molecule has 0 aliphatic heterocycles. The highest BCUT2D eigenvalue weighted by Gasteiger charge is 2.54. The van der Waals surface area contributed by atoms with E-state index in [0.717, 1.165) is 73.1 Å². The molecule has 1 unspecified atom stereocenters. The van der Waals surface area contributed by atoms with E-state index in [2.05, 4.69) is 318 Å². The van der Waals surface area contributed by atoms with Crippen molar-refractivity contribution in [3.05, 3.63) is 286 Å². The highest BCUT2D eigenvalue weighted by atomic mass is 19.3. The van der Waals surface area contributed by atoms with Gasteiger partial charge in [-0.25, -0.2) is 8.78 Å². The molecule has 2 aliphatic carbocycles. The largest absolute Gasteiger partial charge is 0.311 e. The van der Waals surface area contributed by atoms with Gasteiger partial charge in [-0.05, 0) is 198 Å². The van der Waals surface area contributed by atoms with Gasteiger partial charge < -0.3 is 9.80 Å². The number of alkyl halides is 2. The number of benzene rings is 11. The zero-order valence-electron chi connectivity index (χ0n) is 52.9. The molecule has 0 saturated carbocycles. The van der Waals surface area contributed by atoms with Gasteiger partial charge in [-0.3, -0.25) is 0 Å². The van der Waals surface area contributed by atoms with E-state index >= 15 is 8.78 Å². The summed E-state index contributed by atoms with van der Waals surface area (Å²) < 4.78 is 34.6. The molecular formula is C83H80F2N2. The number of fused-ring (bicyclic) bond motifs is 5. The SMILES string of the molecule is Cc1ccc(N(c2ccc(-c3ccc(N(c4ccc(C(C)(C)C)cc4)c4ccc(C(C)(C)c5ccc6c7c5C(F)(F)CCC7(C)c5cc(C(C)(C)c7c8ccccc8c(C)c8ccccc78)ccc5-6)cc4)cc3)cc2)c2ccc(C(C)(C)C)cc2)cc1. The molecule has 0 amide bonds. The number of hydrogen-bond donors (Lipinski definition) is 0.